The lowest BCUT2D eigenvalue weighted by Gasteiger charge is -2.34. The molecule has 2 aromatic rings. The molecule has 1 aromatic carbocycles. The molecule has 1 fully saturated rings. The van der Waals surface area contributed by atoms with Crippen LogP contribution in [0.5, 0.6) is 0 Å². The van der Waals surface area contributed by atoms with Crippen molar-refractivity contribution in [3.63, 3.8) is 0 Å². The number of aromatic nitrogens is 1. The van der Waals surface area contributed by atoms with Gasteiger partial charge in [0, 0.05) is 38.3 Å². The fourth-order valence-corrected chi connectivity index (χ4v) is 4.98. The van der Waals surface area contributed by atoms with Gasteiger partial charge in [-0.3, -0.25) is 4.79 Å². The molecule has 0 N–H and O–H groups in total. The lowest BCUT2D eigenvalue weighted by Crippen LogP contribution is -2.51. The van der Waals surface area contributed by atoms with Crippen molar-refractivity contribution < 1.29 is 22.3 Å². The van der Waals surface area contributed by atoms with E-state index in [1.165, 1.54) is 28.7 Å². The molecule has 2 heterocycles. The lowest BCUT2D eigenvalue weighted by molar-refractivity contribution is -0.645. The van der Waals surface area contributed by atoms with Gasteiger partial charge in [-0.25, -0.2) is 12.8 Å². The average Bonchev–Trinajstić information content (AvgIpc) is 2.67. The van der Waals surface area contributed by atoms with E-state index in [2.05, 4.69) is 0 Å². The Hall–Kier alpha value is -2.17. The molecule has 27 heavy (non-hydrogen) atoms. The van der Waals surface area contributed by atoms with Crippen LogP contribution in [0.15, 0.2) is 58.6 Å². The number of benzene rings is 1. The third-order valence-corrected chi connectivity index (χ3v) is 7.06. The second-order valence-corrected chi connectivity index (χ2v) is 8.83. The SMILES string of the molecule is O=C(CSc1cccc[n+]1[O-])N1CCN(S(=O)(=O)c2cccc(F)c2)CC1. The highest BCUT2D eigenvalue weighted by atomic mass is 32.2. The van der Waals surface area contributed by atoms with Crippen LogP contribution in [0.3, 0.4) is 0 Å². The molecule has 1 aromatic heterocycles. The minimum atomic E-state index is -3.79. The van der Waals surface area contributed by atoms with Gasteiger partial charge >= 0.3 is 0 Å². The molecule has 0 radical (unpaired) electrons. The molecule has 1 amide bonds. The molecule has 3 rings (SSSR count). The highest BCUT2D eigenvalue weighted by Crippen LogP contribution is 2.19. The zero-order chi connectivity index (χ0) is 19.4. The van der Waals surface area contributed by atoms with Crippen LogP contribution in [-0.2, 0) is 14.8 Å². The summed E-state index contributed by atoms with van der Waals surface area (Å²) in [7, 11) is -3.79. The summed E-state index contributed by atoms with van der Waals surface area (Å²) in [6.45, 7) is 0.782. The van der Waals surface area contributed by atoms with E-state index in [9.17, 15) is 22.8 Å². The number of nitrogens with zero attached hydrogens (tertiary/aromatic N) is 3. The molecule has 7 nitrogen and oxygen atoms in total. The van der Waals surface area contributed by atoms with E-state index >= 15 is 0 Å². The normalized spacial score (nSPS) is 15.7. The van der Waals surface area contributed by atoms with Crippen LogP contribution in [0.2, 0.25) is 0 Å². The minimum Gasteiger partial charge on any atom is -0.618 e. The van der Waals surface area contributed by atoms with Crippen LogP contribution in [0.1, 0.15) is 0 Å². The first-order valence-corrected chi connectivity index (χ1v) is 10.6. The van der Waals surface area contributed by atoms with Crippen LogP contribution in [0, 0.1) is 11.0 Å². The standard InChI is InChI=1S/C17H18FN3O4S2/c18-14-4-3-5-15(12-14)27(24,25)20-10-8-19(9-11-20)16(22)13-26-17-6-1-2-7-21(17)23/h1-7,12H,8-11,13H2. The van der Waals surface area contributed by atoms with Gasteiger partial charge in [0.2, 0.25) is 15.9 Å². The van der Waals surface area contributed by atoms with Crippen molar-refractivity contribution in [1.82, 2.24) is 9.21 Å². The molecule has 0 unspecified atom stereocenters. The number of hydrogen-bond acceptors (Lipinski definition) is 5. The van der Waals surface area contributed by atoms with E-state index < -0.39 is 15.8 Å². The number of hydrogen-bond donors (Lipinski definition) is 0. The van der Waals surface area contributed by atoms with Crippen molar-refractivity contribution in [2.75, 3.05) is 31.9 Å². The van der Waals surface area contributed by atoms with Crippen LogP contribution in [-0.4, -0.2) is 55.5 Å². The van der Waals surface area contributed by atoms with Crippen molar-refractivity contribution in [2.45, 2.75) is 9.92 Å². The molecule has 0 spiro atoms. The van der Waals surface area contributed by atoms with Gasteiger partial charge < -0.3 is 10.1 Å². The topological polar surface area (TPSA) is 84.6 Å². The molecule has 10 heteroatoms. The van der Waals surface area contributed by atoms with Crippen LogP contribution in [0.4, 0.5) is 4.39 Å². The Balaban J connectivity index is 1.57. The van der Waals surface area contributed by atoms with Crippen molar-refractivity contribution in [2.24, 2.45) is 0 Å². The number of rotatable bonds is 5. The Kier molecular flexibility index (Phi) is 5.98. The summed E-state index contributed by atoms with van der Waals surface area (Å²) in [6, 6.07) is 9.84. The molecule has 0 aliphatic carbocycles. The Bertz CT molecular complexity index is 931. The monoisotopic (exact) mass is 411 g/mol. The van der Waals surface area contributed by atoms with E-state index in [1.54, 1.807) is 23.1 Å². The van der Waals surface area contributed by atoms with E-state index in [4.69, 9.17) is 0 Å². The second-order valence-electron chi connectivity index (χ2n) is 5.90. The van der Waals surface area contributed by atoms with Crippen molar-refractivity contribution in [3.05, 3.63) is 59.7 Å². The number of sulfonamides is 1. The quantitative estimate of drug-likeness (QED) is 0.418. The summed E-state index contributed by atoms with van der Waals surface area (Å²) >= 11 is 1.14. The van der Waals surface area contributed by atoms with E-state index in [0.29, 0.717) is 9.76 Å². The maximum Gasteiger partial charge on any atom is 0.251 e. The zero-order valence-electron chi connectivity index (χ0n) is 14.3. The second kappa shape index (κ2) is 8.24. The molecule has 1 aliphatic heterocycles. The summed E-state index contributed by atoms with van der Waals surface area (Å²) < 4.78 is 40.4. The smallest absolute Gasteiger partial charge is 0.251 e. The highest BCUT2D eigenvalue weighted by Gasteiger charge is 2.30. The molecular formula is C17H18FN3O4S2. The van der Waals surface area contributed by atoms with Crippen LogP contribution >= 0.6 is 11.8 Å². The fourth-order valence-electron chi connectivity index (χ4n) is 2.71. The fraction of sp³-hybridized carbons (Fsp3) is 0.294. The Morgan fingerprint density at radius 1 is 1.15 bits per heavy atom. The molecule has 0 saturated carbocycles. The molecule has 1 aliphatic rings. The number of halogens is 1. The number of carbonyl (C=O) groups is 1. The van der Waals surface area contributed by atoms with E-state index in [0.717, 1.165) is 17.8 Å². The van der Waals surface area contributed by atoms with Crippen LogP contribution in [0.25, 0.3) is 0 Å². The van der Waals surface area contributed by atoms with Gasteiger partial charge in [0.1, 0.15) is 5.82 Å². The van der Waals surface area contributed by atoms with Gasteiger partial charge in [0.15, 0.2) is 6.20 Å². The van der Waals surface area contributed by atoms with Gasteiger partial charge in [-0.1, -0.05) is 6.07 Å². The van der Waals surface area contributed by atoms with E-state index in [1.807, 2.05) is 0 Å². The first kappa shape index (κ1) is 19.6. The van der Waals surface area contributed by atoms with E-state index in [-0.39, 0.29) is 42.7 Å². The predicted octanol–water partition coefficient (Wildman–Crippen LogP) is 1.08. The Labute approximate surface area is 161 Å². The molecule has 144 valence electrons. The average molecular weight is 411 g/mol. The van der Waals surface area contributed by atoms with Crippen molar-refractivity contribution in [1.29, 1.82) is 0 Å². The third-order valence-electron chi connectivity index (χ3n) is 4.16. The van der Waals surface area contributed by atoms with Gasteiger partial charge in [-0.05, 0) is 36.0 Å². The summed E-state index contributed by atoms with van der Waals surface area (Å²) in [4.78, 5) is 13.8. The van der Waals surface area contributed by atoms with Crippen LogP contribution < -0.4 is 4.73 Å². The predicted molar refractivity (Wildman–Crippen MR) is 97.9 cm³/mol. The first-order valence-electron chi connectivity index (χ1n) is 8.22. The van der Waals surface area contributed by atoms with Gasteiger partial charge in [-0.2, -0.15) is 9.04 Å². The zero-order valence-corrected chi connectivity index (χ0v) is 16.0. The molecule has 0 atom stereocenters. The summed E-state index contributed by atoms with van der Waals surface area (Å²) in [6.07, 6.45) is 1.36. The maximum absolute atomic E-state index is 13.3. The number of amides is 1. The molecule has 1 saturated heterocycles. The summed E-state index contributed by atoms with van der Waals surface area (Å²) in [5, 5.41) is 12.0. The first-order chi connectivity index (χ1) is 12.9. The maximum atomic E-state index is 13.3. The van der Waals surface area contributed by atoms with Gasteiger partial charge in [0.25, 0.3) is 5.03 Å². The number of pyridine rings is 1. The summed E-state index contributed by atoms with van der Waals surface area (Å²) in [5.41, 5.74) is 0. The summed E-state index contributed by atoms with van der Waals surface area (Å²) in [5.74, 6) is -0.673. The molecule has 0 bridgehead atoms. The largest absolute Gasteiger partial charge is 0.618 e. The third kappa shape index (κ3) is 4.57. The minimum absolute atomic E-state index is 0.0955. The van der Waals surface area contributed by atoms with Gasteiger partial charge in [0.05, 0.1) is 10.6 Å². The Morgan fingerprint density at radius 2 is 1.89 bits per heavy atom. The Morgan fingerprint density at radius 3 is 2.56 bits per heavy atom. The van der Waals surface area contributed by atoms with Crippen molar-refractivity contribution in [3.8, 4) is 0 Å². The number of piperazine rings is 1. The number of thioether (sulfide) groups is 1. The van der Waals surface area contributed by atoms with Crippen molar-refractivity contribution >= 4 is 27.7 Å². The number of carbonyl (C=O) groups excluding carboxylic acids is 1. The van der Waals surface area contributed by atoms with Gasteiger partial charge in [-0.15, -0.1) is 0 Å². The highest BCUT2D eigenvalue weighted by molar-refractivity contribution is 7.99. The molecular weight excluding hydrogens is 393 g/mol. The lowest BCUT2D eigenvalue weighted by atomic mass is 10.3.